The maximum atomic E-state index is 12.0. The van der Waals surface area contributed by atoms with Gasteiger partial charge in [0, 0.05) is 17.8 Å². The number of ether oxygens (including phenoxy) is 1. The van der Waals surface area contributed by atoms with Crippen molar-refractivity contribution in [1.82, 2.24) is 9.97 Å². The molecule has 0 bridgehead atoms. The topological polar surface area (TPSA) is 69.2 Å². The van der Waals surface area contributed by atoms with Crippen molar-refractivity contribution in [1.29, 1.82) is 0 Å². The van der Waals surface area contributed by atoms with E-state index in [4.69, 9.17) is 4.74 Å². The number of rotatable bonds is 2. The molecule has 0 radical (unpaired) electrons. The largest absolute Gasteiger partial charge is 0.492 e. The zero-order chi connectivity index (χ0) is 14.1. The molecule has 0 spiro atoms. The van der Waals surface area contributed by atoms with Gasteiger partial charge in [0.1, 0.15) is 5.69 Å². The van der Waals surface area contributed by atoms with Crippen LogP contribution in [-0.2, 0) is 4.74 Å². The molecule has 3 rings (SSSR count). The Morgan fingerprint density at radius 3 is 2.55 bits per heavy atom. The minimum atomic E-state index is -0.373. The molecule has 0 saturated carbocycles. The van der Waals surface area contributed by atoms with Gasteiger partial charge in [0.2, 0.25) is 11.6 Å². The molecule has 0 unspecified atom stereocenters. The number of allylic oxidation sites excluding steroid dienone is 2. The van der Waals surface area contributed by atoms with Crippen LogP contribution in [0.5, 0.6) is 0 Å². The van der Waals surface area contributed by atoms with Crippen LogP contribution in [-0.4, -0.2) is 28.6 Å². The van der Waals surface area contributed by atoms with Gasteiger partial charge in [-0.25, -0.2) is 9.97 Å². The molecule has 5 nitrogen and oxygen atoms in total. The minimum Gasteiger partial charge on any atom is -0.492 e. The summed E-state index contributed by atoms with van der Waals surface area (Å²) >= 11 is 0. The number of fused-ring (bicyclic) bond motifs is 1. The first-order valence-electron chi connectivity index (χ1n) is 5.98. The number of hydrogen-bond acceptors (Lipinski definition) is 5. The van der Waals surface area contributed by atoms with Crippen molar-refractivity contribution < 1.29 is 14.3 Å². The molecule has 1 aromatic carbocycles. The van der Waals surface area contributed by atoms with Gasteiger partial charge in [0.25, 0.3) is 0 Å². The van der Waals surface area contributed by atoms with Gasteiger partial charge in [-0.15, -0.1) is 0 Å². The third-order valence-electron chi connectivity index (χ3n) is 3.00. The average molecular weight is 266 g/mol. The molecule has 1 heterocycles. The number of carbonyl (C=O) groups excluding carboxylic acids is 2. The van der Waals surface area contributed by atoms with Gasteiger partial charge in [-0.05, 0) is 0 Å². The Kier molecular flexibility index (Phi) is 2.87. The van der Waals surface area contributed by atoms with E-state index in [2.05, 4.69) is 9.97 Å². The van der Waals surface area contributed by atoms with Gasteiger partial charge < -0.3 is 4.74 Å². The Morgan fingerprint density at radius 1 is 1.10 bits per heavy atom. The quantitative estimate of drug-likeness (QED) is 0.832. The van der Waals surface area contributed by atoms with Gasteiger partial charge in [0.05, 0.1) is 12.7 Å². The van der Waals surface area contributed by atoms with Gasteiger partial charge in [-0.1, -0.05) is 30.3 Å². The van der Waals surface area contributed by atoms with Crippen molar-refractivity contribution in [2.75, 3.05) is 7.11 Å². The summed E-state index contributed by atoms with van der Waals surface area (Å²) in [7, 11) is 1.35. The first-order chi connectivity index (χ1) is 9.70. The highest BCUT2D eigenvalue weighted by molar-refractivity contribution is 6.22. The highest BCUT2D eigenvalue weighted by Crippen LogP contribution is 2.22. The lowest BCUT2D eigenvalue weighted by molar-refractivity contribution is 0.0913. The Balaban J connectivity index is 2.12. The van der Waals surface area contributed by atoms with E-state index in [0.29, 0.717) is 5.82 Å². The molecule has 2 aromatic rings. The van der Waals surface area contributed by atoms with E-state index in [1.807, 2.05) is 30.3 Å². The number of Topliss-reactive ketones (excluding diaryl/α,β-unsaturated/α-hetero) is 1. The third kappa shape index (κ3) is 1.89. The van der Waals surface area contributed by atoms with E-state index in [1.165, 1.54) is 13.3 Å². The predicted molar refractivity (Wildman–Crippen MR) is 71.2 cm³/mol. The maximum absolute atomic E-state index is 12.0. The standard InChI is InChI=1S/C15H10N2O3/c1-20-12-7-11(18)13-10(14(12)19)8-16-15(17-13)9-5-3-2-4-6-9/h2-8H,1H3. The summed E-state index contributed by atoms with van der Waals surface area (Å²) in [5, 5.41) is 0. The maximum Gasteiger partial charge on any atom is 0.231 e. The van der Waals surface area contributed by atoms with Crippen LogP contribution in [0.25, 0.3) is 11.4 Å². The van der Waals surface area contributed by atoms with Crippen LogP contribution in [0, 0.1) is 0 Å². The molecular weight excluding hydrogens is 256 g/mol. The fraction of sp³-hybridized carbons (Fsp3) is 0.0667. The van der Waals surface area contributed by atoms with E-state index in [-0.39, 0.29) is 28.6 Å². The zero-order valence-corrected chi connectivity index (χ0v) is 10.7. The molecule has 0 saturated heterocycles. The number of methoxy groups -OCH3 is 1. The lowest BCUT2D eigenvalue weighted by atomic mass is 9.99. The number of hydrogen-bond donors (Lipinski definition) is 0. The monoisotopic (exact) mass is 266 g/mol. The molecule has 0 atom stereocenters. The Bertz CT molecular complexity index is 736. The van der Waals surface area contributed by atoms with Crippen LogP contribution in [0.1, 0.15) is 20.8 Å². The molecule has 0 fully saturated rings. The summed E-state index contributed by atoms with van der Waals surface area (Å²) in [5.41, 5.74) is 1.08. The van der Waals surface area contributed by atoms with Gasteiger partial charge in [-0.2, -0.15) is 0 Å². The summed E-state index contributed by atoms with van der Waals surface area (Å²) in [6.45, 7) is 0. The predicted octanol–water partition coefficient (Wildman–Crippen LogP) is 2.05. The number of carbonyl (C=O) groups is 2. The van der Waals surface area contributed by atoms with Crippen LogP contribution in [0.15, 0.2) is 48.4 Å². The summed E-state index contributed by atoms with van der Waals surface area (Å²) < 4.78 is 4.88. The summed E-state index contributed by atoms with van der Waals surface area (Å²) in [4.78, 5) is 32.4. The van der Waals surface area contributed by atoms with Gasteiger partial charge >= 0.3 is 0 Å². The number of aromatic nitrogens is 2. The van der Waals surface area contributed by atoms with Gasteiger partial charge in [0.15, 0.2) is 11.6 Å². The fourth-order valence-corrected chi connectivity index (χ4v) is 2.00. The Labute approximate surface area is 114 Å². The molecule has 20 heavy (non-hydrogen) atoms. The minimum absolute atomic E-state index is 0.0126. The van der Waals surface area contributed by atoms with Crippen LogP contribution >= 0.6 is 0 Å². The van der Waals surface area contributed by atoms with Crippen molar-refractivity contribution >= 4 is 11.6 Å². The van der Waals surface area contributed by atoms with Crippen molar-refractivity contribution in [2.45, 2.75) is 0 Å². The van der Waals surface area contributed by atoms with Crippen molar-refractivity contribution in [3.8, 4) is 11.4 Å². The smallest absolute Gasteiger partial charge is 0.231 e. The van der Waals surface area contributed by atoms with Crippen molar-refractivity contribution in [3.63, 3.8) is 0 Å². The molecule has 1 aromatic heterocycles. The molecule has 0 N–H and O–H groups in total. The van der Waals surface area contributed by atoms with E-state index in [9.17, 15) is 9.59 Å². The van der Waals surface area contributed by atoms with Crippen LogP contribution < -0.4 is 0 Å². The average Bonchev–Trinajstić information content (AvgIpc) is 2.51. The SMILES string of the molecule is COC1=CC(=O)c2nc(-c3ccccc3)ncc2C1=O. The Hall–Kier alpha value is -2.82. The van der Waals surface area contributed by atoms with Crippen LogP contribution in [0.3, 0.4) is 0 Å². The van der Waals surface area contributed by atoms with Crippen LogP contribution in [0.2, 0.25) is 0 Å². The summed E-state index contributed by atoms with van der Waals surface area (Å²) in [6.07, 6.45) is 2.53. The first-order valence-corrected chi connectivity index (χ1v) is 5.98. The summed E-state index contributed by atoms with van der Waals surface area (Å²) in [6, 6.07) is 9.27. The Morgan fingerprint density at radius 2 is 1.85 bits per heavy atom. The second-order valence-corrected chi connectivity index (χ2v) is 4.23. The normalized spacial score (nSPS) is 13.8. The molecule has 1 aliphatic rings. The second kappa shape index (κ2) is 4.70. The molecular formula is C15H10N2O3. The second-order valence-electron chi connectivity index (χ2n) is 4.23. The van der Waals surface area contributed by atoms with Crippen molar-refractivity contribution in [2.24, 2.45) is 0 Å². The first kappa shape index (κ1) is 12.2. The zero-order valence-electron chi connectivity index (χ0n) is 10.7. The van der Waals surface area contributed by atoms with Crippen LogP contribution in [0.4, 0.5) is 0 Å². The van der Waals surface area contributed by atoms with E-state index in [0.717, 1.165) is 11.6 Å². The fourth-order valence-electron chi connectivity index (χ4n) is 2.00. The molecule has 1 aliphatic carbocycles. The van der Waals surface area contributed by atoms with Crippen molar-refractivity contribution in [3.05, 3.63) is 59.6 Å². The highest BCUT2D eigenvalue weighted by Gasteiger charge is 2.28. The number of ketones is 2. The lowest BCUT2D eigenvalue weighted by Crippen LogP contribution is -2.20. The summed E-state index contributed by atoms with van der Waals surface area (Å²) in [5.74, 6) is -0.295. The van der Waals surface area contributed by atoms with E-state index >= 15 is 0 Å². The van der Waals surface area contributed by atoms with E-state index in [1.54, 1.807) is 0 Å². The third-order valence-corrected chi connectivity index (χ3v) is 3.00. The van der Waals surface area contributed by atoms with Gasteiger partial charge in [-0.3, -0.25) is 9.59 Å². The number of nitrogens with zero attached hydrogens (tertiary/aromatic N) is 2. The molecule has 0 amide bonds. The lowest BCUT2D eigenvalue weighted by Gasteiger charge is -2.13. The number of benzene rings is 1. The molecule has 0 aliphatic heterocycles. The molecule has 98 valence electrons. The molecule has 5 heteroatoms. The van der Waals surface area contributed by atoms with E-state index < -0.39 is 0 Å². The highest BCUT2D eigenvalue weighted by atomic mass is 16.5.